The summed E-state index contributed by atoms with van der Waals surface area (Å²) in [6.07, 6.45) is 6.87. The number of anilines is 2. The Kier molecular flexibility index (Phi) is 5.31. The fraction of sp³-hybridized carbons (Fsp3) is 0.0667. The van der Waals surface area contributed by atoms with Crippen LogP contribution in [0.3, 0.4) is 0 Å². The van der Waals surface area contributed by atoms with E-state index < -0.39 is 23.4 Å². The highest BCUT2D eigenvalue weighted by Crippen LogP contribution is 2.43. The first-order valence-electron chi connectivity index (χ1n) is 12.0. The van der Waals surface area contributed by atoms with Crippen LogP contribution in [0.4, 0.5) is 11.4 Å². The number of hydrogen-bond donors (Lipinski definition) is 0. The topological polar surface area (TPSA) is 82.5 Å². The molecule has 0 fully saturated rings. The van der Waals surface area contributed by atoms with Gasteiger partial charge in [-0.1, -0.05) is 24.3 Å². The van der Waals surface area contributed by atoms with Crippen molar-refractivity contribution in [2.75, 3.05) is 9.80 Å². The molecule has 8 heteroatoms. The van der Waals surface area contributed by atoms with Gasteiger partial charge in [0.15, 0.2) is 24.8 Å². The van der Waals surface area contributed by atoms with E-state index in [1.807, 2.05) is 0 Å². The second-order valence-corrected chi connectivity index (χ2v) is 9.19. The molecule has 0 saturated carbocycles. The number of allylic oxidation sites excluding steroid dienone is 2. The number of hydrogen-bond acceptors (Lipinski definition) is 4. The van der Waals surface area contributed by atoms with Crippen LogP contribution >= 0.6 is 0 Å². The van der Waals surface area contributed by atoms with Crippen molar-refractivity contribution in [3.8, 4) is 0 Å². The first kappa shape index (κ1) is 23.2. The van der Waals surface area contributed by atoms with Gasteiger partial charge in [0.05, 0.1) is 11.4 Å². The molecule has 2 amide bonds. The number of carbonyl (C=O) groups is 4. The van der Waals surface area contributed by atoms with Gasteiger partial charge in [0.2, 0.25) is 11.6 Å². The average molecular weight is 503 g/mol. The maximum absolute atomic E-state index is 14.0. The largest absolute Gasteiger partial charge is 0.287 e. The standard InChI is InChI=1S/C30H22N4O4/c1-31-15-7-9-19(17-31)29(37)33-23-13-5-3-11-21(23)27(35)25(33)26-28(36)22-12-4-6-14-24(22)34(26)30(38)20-10-8-16-32(2)18-20/h3-18H,1-2H3/q+2. The molecule has 0 saturated heterocycles. The molecule has 184 valence electrons. The molecule has 4 heterocycles. The van der Waals surface area contributed by atoms with Crippen LogP contribution in [0.1, 0.15) is 41.4 Å². The van der Waals surface area contributed by atoms with Gasteiger partial charge < -0.3 is 0 Å². The molecule has 2 aliphatic rings. The van der Waals surface area contributed by atoms with Crippen molar-refractivity contribution in [2.24, 2.45) is 14.1 Å². The SMILES string of the molecule is C[n+]1cccc(C(=O)N2C(=C3C(=O)c4ccccc4N3C(=O)c3ccc[n+](C)c3)C(=O)c3ccccc32)c1. The van der Waals surface area contributed by atoms with E-state index in [9.17, 15) is 19.2 Å². The summed E-state index contributed by atoms with van der Waals surface area (Å²) in [6.45, 7) is 0. The van der Waals surface area contributed by atoms with Gasteiger partial charge in [-0.3, -0.25) is 29.0 Å². The highest BCUT2D eigenvalue weighted by Gasteiger charge is 2.47. The van der Waals surface area contributed by atoms with Gasteiger partial charge in [0, 0.05) is 23.3 Å². The van der Waals surface area contributed by atoms with Crippen LogP contribution in [0.15, 0.2) is 109 Å². The molecule has 6 rings (SSSR count). The highest BCUT2D eigenvalue weighted by molar-refractivity contribution is 6.35. The summed E-state index contributed by atoms with van der Waals surface area (Å²) in [7, 11) is 3.58. The lowest BCUT2D eigenvalue weighted by molar-refractivity contribution is -0.671. The predicted molar refractivity (Wildman–Crippen MR) is 137 cm³/mol. The number of rotatable bonds is 2. The summed E-state index contributed by atoms with van der Waals surface area (Å²) >= 11 is 0. The van der Waals surface area contributed by atoms with Crippen molar-refractivity contribution in [1.82, 2.24) is 0 Å². The van der Waals surface area contributed by atoms with E-state index in [1.165, 1.54) is 9.80 Å². The maximum Gasteiger partial charge on any atom is 0.269 e. The molecule has 0 aliphatic carbocycles. The van der Waals surface area contributed by atoms with Crippen molar-refractivity contribution in [3.63, 3.8) is 0 Å². The van der Waals surface area contributed by atoms with E-state index in [2.05, 4.69) is 0 Å². The van der Waals surface area contributed by atoms with Crippen molar-refractivity contribution >= 4 is 34.8 Å². The van der Waals surface area contributed by atoms with E-state index in [-0.39, 0.29) is 22.5 Å². The number of nitrogens with zero attached hydrogens (tertiary/aromatic N) is 4. The molecule has 4 aromatic rings. The molecule has 0 N–H and O–H groups in total. The second kappa shape index (κ2) is 8.70. The van der Waals surface area contributed by atoms with Crippen molar-refractivity contribution in [2.45, 2.75) is 0 Å². The summed E-state index contributed by atoms with van der Waals surface area (Å²) in [5, 5.41) is 0. The Morgan fingerprint density at radius 3 is 1.37 bits per heavy atom. The predicted octanol–water partition coefficient (Wildman–Crippen LogP) is 2.93. The van der Waals surface area contributed by atoms with Gasteiger partial charge in [0.25, 0.3) is 11.8 Å². The lowest BCUT2D eigenvalue weighted by Crippen LogP contribution is -2.38. The van der Waals surface area contributed by atoms with Crippen LogP contribution in [-0.2, 0) is 14.1 Å². The monoisotopic (exact) mass is 502 g/mol. The van der Waals surface area contributed by atoms with Gasteiger partial charge in [-0.2, -0.15) is 0 Å². The first-order valence-corrected chi connectivity index (χ1v) is 12.0. The zero-order chi connectivity index (χ0) is 26.6. The third-order valence-corrected chi connectivity index (χ3v) is 6.66. The van der Waals surface area contributed by atoms with E-state index >= 15 is 0 Å². The summed E-state index contributed by atoms with van der Waals surface area (Å²) in [5.41, 5.74) is 1.66. The molecule has 0 radical (unpaired) electrons. The molecule has 0 bridgehead atoms. The van der Waals surface area contributed by atoms with Crippen LogP contribution < -0.4 is 18.9 Å². The lowest BCUT2D eigenvalue weighted by Gasteiger charge is -2.24. The van der Waals surface area contributed by atoms with Crippen LogP contribution in [-0.4, -0.2) is 23.4 Å². The minimum absolute atomic E-state index is 0.141. The number of carbonyl (C=O) groups excluding carboxylic acids is 4. The molecule has 0 atom stereocenters. The molecule has 38 heavy (non-hydrogen) atoms. The number of benzene rings is 2. The van der Waals surface area contributed by atoms with Crippen LogP contribution in [0.25, 0.3) is 0 Å². The van der Waals surface area contributed by atoms with Crippen molar-refractivity contribution in [3.05, 3.63) is 131 Å². The third kappa shape index (κ3) is 3.46. The Morgan fingerprint density at radius 1 is 0.579 bits per heavy atom. The van der Waals surface area contributed by atoms with Crippen LogP contribution in [0, 0.1) is 0 Å². The van der Waals surface area contributed by atoms with Crippen LogP contribution in [0.2, 0.25) is 0 Å². The zero-order valence-corrected chi connectivity index (χ0v) is 20.7. The number of amides is 2. The van der Waals surface area contributed by atoms with Gasteiger partial charge in [-0.25, -0.2) is 9.13 Å². The Labute approximate surface area is 218 Å². The van der Waals surface area contributed by atoms with Gasteiger partial charge in [0.1, 0.15) is 36.6 Å². The summed E-state index contributed by atoms with van der Waals surface area (Å²) in [4.78, 5) is 58.2. The number of aromatic nitrogens is 2. The minimum Gasteiger partial charge on any atom is -0.287 e. The zero-order valence-electron chi connectivity index (χ0n) is 20.7. The molecule has 2 aromatic heterocycles. The Hall–Kier alpha value is -5.24. The number of ketones is 2. The van der Waals surface area contributed by atoms with Crippen molar-refractivity contribution in [1.29, 1.82) is 0 Å². The molecule has 0 unspecified atom stereocenters. The lowest BCUT2D eigenvalue weighted by atomic mass is 10.1. The van der Waals surface area contributed by atoms with E-state index in [4.69, 9.17) is 0 Å². The average Bonchev–Trinajstić information content (AvgIpc) is 3.38. The molecule has 8 nitrogen and oxygen atoms in total. The van der Waals surface area contributed by atoms with Crippen LogP contribution in [0.5, 0.6) is 0 Å². The first-order chi connectivity index (χ1) is 18.4. The maximum atomic E-state index is 14.0. The smallest absolute Gasteiger partial charge is 0.269 e. The van der Waals surface area contributed by atoms with Gasteiger partial charge in [-0.05, 0) is 36.4 Å². The fourth-order valence-electron chi connectivity index (χ4n) is 4.96. The Balaban J connectivity index is 1.62. The summed E-state index contributed by atoms with van der Waals surface area (Å²) in [6, 6.07) is 20.2. The van der Waals surface area contributed by atoms with E-state index in [0.29, 0.717) is 22.5 Å². The molecular formula is C30H22N4O4+2. The Morgan fingerprint density at radius 2 is 0.974 bits per heavy atom. The molecule has 0 spiro atoms. The quantitative estimate of drug-likeness (QED) is 0.312. The fourth-order valence-corrected chi connectivity index (χ4v) is 4.96. The second-order valence-electron chi connectivity index (χ2n) is 9.19. The third-order valence-electron chi connectivity index (χ3n) is 6.66. The summed E-state index contributed by atoms with van der Waals surface area (Å²) < 4.78 is 3.46. The number of Topliss-reactive ketones (excluding diaryl/α,β-unsaturated/α-hetero) is 2. The number of aryl methyl sites for hydroxylation is 2. The number of pyridine rings is 2. The highest BCUT2D eigenvalue weighted by atomic mass is 16.2. The van der Waals surface area contributed by atoms with E-state index in [0.717, 1.165) is 0 Å². The van der Waals surface area contributed by atoms with Gasteiger partial charge >= 0.3 is 0 Å². The molecule has 2 aromatic carbocycles. The normalized spacial score (nSPS) is 16.1. The Bertz CT molecular complexity index is 1610. The van der Waals surface area contributed by atoms with Gasteiger partial charge in [-0.15, -0.1) is 0 Å². The number of fused-ring (bicyclic) bond motifs is 2. The summed E-state index contributed by atoms with van der Waals surface area (Å²) in [5.74, 6) is -1.96. The minimum atomic E-state index is -0.498. The van der Waals surface area contributed by atoms with Crippen molar-refractivity contribution < 1.29 is 28.3 Å². The number of para-hydroxylation sites is 2. The van der Waals surface area contributed by atoms with E-state index in [1.54, 1.807) is 121 Å². The molecule has 2 aliphatic heterocycles. The molecular weight excluding hydrogens is 480 g/mol.